The average Bonchev–Trinajstić information content (AvgIpc) is 3.94. The molecule has 0 spiro atoms. The number of anilines is 1. The zero-order valence-corrected chi connectivity index (χ0v) is 29.7. The number of thiophene rings is 5. The molecular formula is C42H21NS5. The number of hydrogen-bond acceptors (Lipinski definition) is 6. The number of benzene rings is 4. The molecule has 1 nitrogen and oxygen atoms in total. The van der Waals surface area contributed by atoms with Gasteiger partial charge in [-0.1, -0.05) is 48.5 Å². The van der Waals surface area contributed by atoms with Crippen LogP contribution in [0.3, 0.4) is 0 Å². The van der Waals surface area contributed by atoms with Crippen molar-refractivity contribution in [3.63, 3.8) is 0 Å². The second-order valence-corrected chi connectivity index (χ2v) is 18.7. The van der Waals surface area contributed by atoms with Gasteiger partial charge in [0.2, 0.25) is 0 Å². The molecule has 0 saturated carbocycles. The molecule has 0 unspecified atom stereocenters. The van der Waals surface area contributed by atoms with Gasteiger partial charge in [0.05, 0.1) is 5.00 Å². The van der Waals surface area contributed by atoms with E-state index in [9.17, 15) is 0 Å². The van der Waals surface area contributed by atoms with Gasteiger partial charge in [-0.25, -0.2) is 0 Å². The van der Waals surface area contributed by atoms with E-state index < -0.39 is 0 Å². The molecule has 5 heterocycles. The van der Waals surface area contributed by atoms with E-state index >= 15 is 0 Å². The summed E-state index contributed by atoms with van der Waals surface area (Å²) in [6, 6.07) is 33.3. The third kappa shape index (κ3) is 2.89. The minimum absolute atomic E-state index is 1.23. The zero-order chi connectivity index (χ0) is 31.2. The molecule has 0 saturated heterocycles. The van der Waals surface area contributed by atoms with Gasteiger partial charge in [-0.05, 0) is 87.1 Å². The standard InChI is InChI=1S/C42H21NS5/c1-17-13-26-18-3-4-19-27-14-32(46-40(27)23-8-7-22(39(26)44-17)35(18)36(19)23)30-11-12-31(45-30)33-15-28-20-5-6-21-29-16-34(43-2)48-42(29)25-10-9-24(41(28)47-33)37(20)38(21)25/h3-16,43H,1-2H3. The molecule has 0 atom stereocenters. The van der Waals surface area contributed by atoms with Gasteiger partial charge in [0.15, 0.2) is 0 Å². The van der Waals surface area contributed by atoms with Crippen LogP contribution >= 0.6 is 56.7 Å². The van der Waals surface area contributed by atoms with Gasteiger partial charge in [-0.3, -0.25) is 0 Å². The summed E-state index contributed by atoms with van der Waals surface area (Å²) in [6.07, 6.45) is 0. The summed E-state index contributed by atoms with van der Waals surface area (Å²) in [5.41, 5.74) is 16.8. The first-order valence-electron chi connectivity index (χ1n) is 16.2. The monoisotopic (exact) mass is 699 g/mol. The normalized spacial score (nSPS) is 13.2. The summed E-state index contributed by atoms with van der Waals surface area (Å²) in [7, 11) is 2.01. The van der Waals surface area contributed by atoms with Gasteiger partial charge in [0.1, 0.15) is 0 Å². The molecule has 0 bridgehead atoms. The first-order chi connectivity index (χ1) is 23.6. The molecular weight excluding hydrogens is 679 g/mol. The summed E-state index contributed by atoms with van der Waals surface area (Å²) in [4.78, 5) is 12.6. The Morgan fingerprint density at radius 1 is 0.354 bits per heavy atom. The molecule has 0 fully saturated rings. The van der Waals surface area contributed by atoms with Crippen molar-refractivity contribution in [3.8, 4) is 106 Å². The molecule has 4 aliphatic carbocycles. The highest BCUT2D eigenvalue weighted by Crippen LogP contribution is 2.62. The van der Waals surface area contributed by atoms with Crippen molar-refractivity contribution in [1.29, 1.82) is 0 Å². The van der Waals surface area contributed by atoms with Crippen molar-refractivity contribution < 1.29 is 0 Å². The molecule has 13 rings (SSSR count). The molecule has 4 aromatic carbocycles. The van der Waals surface area contributed by atoms with E-state index in [4.69, 9.17) is 0 Å². The minimum atomic E-state index is 1.23. The van der Waals surface area contributed by atoms with Gasteiger partial charge in [0.25, 0.3) is 0 Å². The molecule has 5 aromatic heterocycles. The topological polar surface area (TPSA) is 12.0 Å². The highest BCUT2D eigenvalue weighted by atomic mass is 32.1. The SMILES string of the molecule is CNc1cc2c(s1)-c1ccc3c4c(ccc-2c14)-c1cc(-c2ccc(-c4cc5c(s4)-c4ccc6c7c(ccc-5c47)-c4cc(C)sc4-6)s2)sc1-3. The van der Waals surface area contributed by atoms with Gasteiger partial charge in [-0.15, -0.1) is 56.7 Å². The lowest BCUT2D eigenvalue weighted by Crippen LogP contribution is -1.82. The number of fused-ring (bicyclic) bond motifs is 12. The number of rotatable bonds is 3. The number of hydrogen-bond donors (Lipinski definition) is 1. The Hall–Kier alpha value is -4.30. The van der Waals surface area contributed by atoms with Gasteiger partial charge in [-0.2, -0.15) is 0 Å². The lowest BCUT2D eigenvalue weighted by molar-refractivity contribution is 1.59. The fourth-order valence-electron chi connectivity index (χ4n) is 8.90. The van der Waals surface area contributed by atoms with Crippen LogP contribution in [0.2, 0.25) is 0 Å². The molecule has 48 heavy (non-hydrogen) atoms. The van der Waals surface area contributed by atoms with Crippen molar-refractivity contribution in [1.82, 2.24) is 0 Å². The Kier molecular flexibility index (Phi) is 4.52. The highest BCUT2D eigenvalue weighted by molar-refractivity contribution is 7.28. The Balaban J connectivity index is 0.880. The predicted molar refractivity (Wildman–Crippen MR) is 214 cm³/mol. The summed E-state index contributed by atoms with van der Waals surface area (Å²) < 4.78 is 0. The predicted octanol–water partition coefficient (Wildman–Crippen LogP) is 14.6. The first-order valence-corrected chi connectivity index (χ1v) is 20.2. The fraction of sp³-hybridized carbons (Fsp3) is 0.0476. The summed E-state index contributed by atoms with van der Waals surface area (Å²) >= 11 is 9.67. The maximum atomic E-state index is 3.35. The molecule has 0 radical (unpaired) electrons. The maximum absolute atomic E-state index is 3.35. The van der Waals surface area contributed by atoms with E-state index in [1.807, 2.05) is 63.7 Å². The first kappa shape index (κ1) is 25.7. The van der Waals surface area contributed by atoms with Crippen LogP contribution in [0.5, 0.6) is 0 Å². The van der Waals surface area contributed by atoms with Crippen LogP contribution < -0.4 is 5.32 Å². The Bertz CT molecular complexity index is 2840. The van der Waals surface area contributed by atoms with Crippen LogP contribution in [0.25, 0.3) is 127 Å². The zero-order valence-electron chi connectivity index (χ0n) is 25.6. The number of aryl methyl sites for hydroxylation is 1. The molecule has 4 aliphatic rings. The lowest BCUT2D eigenvalue weighted by atomic mass is 9.97. The molecule has 9 aromatic rings. The second-order valence-electron chi connectivity index (χ2n) is 13.2. The second kappa shape index (κ2) is 8.46. The highest BCUT2D eigenvalue weighted by Gasteiger charge is 2.34. The molecule has 224 valence electrons. The Morgan fingerprint density at radius 2 is 0.750 bits per heavy atom. The van der Waals surface area contributed by atoms with E-state index in [2.05, 4.69) is 97.2 Å². The van der Waals surface area contributed by atoms with Crippen molar-refractivity contribution in [2.24, 2.45) is 0 Å². The van der Waals surface area contributed by atoms with E-state index in [0.717, 1.165) is 0 Å². The van der Waals surface area contributed by atoms with Crippen LogP contribution in [0, 0.1) is 6.92 Å². The summed E-state index contributed by atoms with van der Waals surface area (Å²) in [5.74, 6) is 0. The van der Waals surface area contributed by atoms with Crippen LogP contribution in [-0.2, 0) is 0 Å². The minimum Gasteiger partial charge on any atom is -0.380 e. The van der Waals surface area contributed by atoms with Crippen LogP contribution in [-0.4, -0.2) is 7.05 Å². The average molecular weight is 700 g/mol. The van der Waals surface area contributed by atoms with Gasteiger partial charge in [0, 0.05) is 95.4 Å². The van der Waals surface area contributed by atoms with E-state index in [0.29, 0.717) is 0 Å². The van der Waals surface area contributed by atoms with E-state index in [1.54, 1.807) is 0 Å². The van der Waals surface area contributed by atoms with E-state index in [-0.39, 0.29) is 0 Å². The fourth-order valence-corrected chi connectivity index (χ4v) is 14.6. The smallest absolute Gasteiger partial charge is 0.0892 e. The third-order valence-electron chi connectivity index (χ3n) is 10.9. The van der Waals surface area contributed by atoms with Crippen molar-refractivity contribution >= 4 is 83.2 Å². The summed E-state index contributed by atoms with van der Waals surface area (Å²) in [6.45, 7) is 2.23. The van der Waals surface area contributed by atoms with Crippen molar-refractivity contribution in [3.05, 3.63) is 89.8 Å². The lowest BCUT2D eigenvalue weighted by Gasteiger charge is -2.07. The third-order valence-corrected chi connectivity index (χ3v) is 16.9. The molecule has 0 amide bonds. The Morgan fingerprint density at radius 3 is 1.23 bits per heavy atom. The van der Waals surface area contributed by atoms with Crippen molar-refractivity contribution in [2.75, 3.05) is 12.4 Å². The van der Waals surface area contributed by atoms with Crippen molar-refractivity contribution in [2.45, 2.75) is 6.92 Å². The number of nitrogens with one attached hydrogen (secondary N) is 1. The van der Waals surface area contributed by atoms with Crippen LogP contribution in [0.15, 0.2) is 84.9 Å². The molecule has 1 N–H and O–H groups in total. The van der Waals surface area contributed by atoms with E-state index in [1.165, 1.54) is 137 Å². The quantitative estimate of drug-likeness (QED) is 0.194. The van der Waals surface area contributed by atoms with Crippen LogP contribution in [0.4, 0.5) is 5.00 Å². The maximum Gasteiger partial charge on any atom is 0.0892 e. The van der Waals surface area contributed by atoms with Gasteiger partial charge < -0.3 is 5.32 Å². The Labute approximate surface area is 296 Å². The largest absolute Gasteiger partial charge is 0.380 e. The molecule has 6 heteroatoms. The molecule has 0 aliphatic heterocycles. The summed E-state index contributed by atoms with van der Waals surface area (Å²) in [5, 5.41) is 10.4. The van der Waals surface area contributed by atoms with Crippen LogP contribution in [0.1, 0.15) is 4.88 Å². The van der Waals surface area contributed by atoms with Gasteiger partial charge >= 0.3 is 0 Å².